The highest BCUT2D eigenvalue weighted by Gasteiger charge is 2.42. The van der Waals surface area contributed by atoms with E-state index in [1.165, 1.54) is 0 Å². The monoisotopic (exact) mass is 205 g/mol. The molecule has 1 unspecified atom stereocenters. The molecular formula is C9H19NO2S. The average Bonchev–Trinajstić information content (AvgIpc) is 2.25. The minimum Gasteiger partial charge on any atom is -0.212 e. The van der Waals surface area contributed by atoms with Gasteiger partial charge in [-0.2, -0.15) is 4.31 Å². The van der Waals surface area contributed by atoms with Crippen LogP contribution in [0.5, 0.6) is 0 Å². The normalized spacial score (nSPS) is 29.4. The fourth-order valence-electron chi connectivity index (χ4n) is 2.20. The first kappa shape index (κ1) is 11.0. The summed E-state index contributed by atoms with van der Waals surface area (Å²) in [6.07, 6.45) is 0.965. The summed E-state index contributed by atoms with van der Waals surface area (Å²) in [5.74, 6) is 0.694. The minimum absolute atomic E-state index is 0.186. The molecule has 1 rings (SSSR count). The van der Waals surface area contributed by atoms with Gasteiger partial charge in [0.1, 0.15) is 0 Å². The Kier molecular flexibility index (Phi) is 2.74. The first-order valence-electron chi connectivity index (χ1n) is 4.80. The van der Waals surface area contributed by atoms with Crippen molar-refractivity contribution in [2.45, 2.75) is 39.7 Å². The van der Waals surface area contributed by atoms with Gasteiger partial charge in [0.2, 0.25) is 10.0 Å². The van der Waals surface area contributed by atoms with Crippen molar-refractivity contribution in [3.63, 3.8) is 0 Å². The summed E-state index contributed by atoms with van der Waals surface area (Å²) in [5, 5.41) is 0. The third-order valence-electron chi connectivity index (χ3n) is 2.70. The molecule has 1 fully saturated rings. The van der Waals surface area contributed by atoms with E-state index in [9.17, 15) is 8.42 Å². The molecule has 0 aliphatic carbocycles. The van der Waals surface area contributed by atoms with E-state index in [2.05, 4.69) is 6.92 Å². The van der Waals surface area contributed by atoms with Crippen LogP contribution in [0, 0.1) is 5.92 Å². The van der Waals surface area contributed by atoms with Gasteiger partial charge in [-0.05, 0) is 33.1 Å². The standard InChI is InChI=1S/C9H19NO2S/c1-5-13(11,12)10-7-8(2)6-9(10,3)4/h8H,5-7H2,1-4H3. The van der Waals surface area contributed by atoms with Crippen molar-refractivity contribution in [3.8, 4) is 0 Å². The Hall–Kier alpha value is -0.0900. The Balaban J connectivity index is 2.94. The van der Waals surface area contributed by atoms with Crippen LogP contribution in [0.15, 0.2) is 0 Å². The zero-order valence-electron chi connectivity index (χ0n) is 8.87. The summed E-state index contributed by atoms with van der Waals surface area (Å²) in [6, 6.07) is 0. The number of hydrogen-bond acceptors (Lipinski definition) is 2. The van der Waals surface area contributed by atoms with Gasteiger partial charge in [-0.25, -0.2) is 8.42 Å². The van der Waals surface area contributed by atoms with Gasteiger partial charge in [0.15, 0.2) is 0 Å². The molecule has 0 N–H and O–H groups in total. The molecular weight excluding hydrogens is 186 g/mol. The second-order valence-corrected chi connectivity index (χ2v) is 6.74. The lowest BCUT2D eigenvalue weighted by molar-refractivity contribution is 0.292. The molecule has 0 saturated carbocycles. The molecule has 13 heavy (non-hydrogen) atoms. The maximum Gasteiger partial charge on any atom is 0.214 e. The third-order valence-corrected chi connectivity index (χ3v) is 4.75. The van der Waals surface area contributed by atoms with Crippen LogP contribution in [-0.4, -0.2) is 30.6 Å². The van der Waals surface area contributed by atoms with E-state index in [-0.39, 0.29) is 11.3 Å². The summed E-state index contributed by atoms with van der Waals surface area (Å²) in [6.45, 7) is 8.50. The van der Waals surface area contributed by atoms with E-state index in [0.717, 1.165) is 6.42 Å². The number of sulfonamides is 1. The predicted octanol–water partition coefficient (Wildman–Crippen LogP) is 1.46. The van der Waals surface area contributed by atoms with Crippen LogP contribution < -0.4 is 0 Å². The van der Waals surface area contributed by atoms with Gasteiger partial charge >= 0.3 is 0 Å². The zero-order valence-corrected chi connectivity index (χ0v) is 9.69. The Morgan fingerprint density at radius 3 is 2.31 bits per heavy atom. The van der Waals surface area contributed by atoms with Crippen LogP contribution in [0.1, 0.15) is 34.1 Å². The van der Waals surface area contributed by atoms with Gasteiger partial charge in [-0.3, -0.25) is 0 Å². The Morgan fingerprint density at radius 2 is 2.00 bits per heavy atom. The van der Waals surface area contributed by atoms with Crippen molar-refractivity contribution in [2.24, 2.45) is 5.92 Å². The summed E-state index contributed by atoms with van der Waals surface area (Å²) >= 11 is 0. The van der Waals surface area contributed by atoms with E-state index < -0.39 is 10.0 Å². The first-order valence-corrected chi connectivity index (χ1v) is 6.41. The maximum absolute atomic E-state index is 11.7. The molecule has 0 aromatic rings. The van der Waals surface area contributed by atoms with E-state index in [0.29, 0.717) is 12.5 Å². The SMILES string of the molecule is CCS(=O)(=O)N1CC(C)CC1(C)C. The third kappa shape index (κ3) is 2.05. The molecule has 78 valence electrons. The topological polar surface area (TPSA) is 37.4 Å². The first-order chi connectivity index (χ1) is 5.79. The molecule has 3 nitrogen and oxygen atoms in total. The van der Waals surface area contributed by atoms with Gasteiger partial charge < -0.3 is 0 Å². The van der Waals surface area contributed by atoms with Gasteiger partial charge in [0, 0.05) is 12.1 Å². The molecule has 1 aliphatic rings. The van der Waals surface area contributed by atoms with E-state index >= 15 is 0 Å². The fourth-order valence-corrected chi connectivity index (χ4v) is 3.82. The summed E-state index contributed by atoms with van der Waals surface area (Å²) < 4.78 is 25.0. The van der Waals surface area contributed by atoms with Crippen molar-refractivity contribution in [1.82, 2.24) is 4.31 Å². The van der Waals surface area contributed by atoms with Crippen molar-refractivity contribution in [2.75, 3.05) is 12.3 Å². The van der Waals surface area contributed by atoms with Gasteiger partial charge in [0.25, 0.3) is 0 Å². The highest BCUT2D eigenvalue weighted by Crippen LogP contribution is 2.34. The molecule has 0 bridgehead atoms. The largest absolute Gasteiger partial charge is 0.214 e. The lowest BCUT2D eigenvalue weighted by Gasteiger charge is -2.29. The Labute approximate surface area is 81.2 Å². The van der Waals surface area contributed by atoms with Crippen LogP contribution in [0.4, 0.5) is 0 Å². The van der Waals surface area contributed by atoms with Gasteiger partial charge in [0.05, 0.1) is 5.75 Å². The van der Waals surface area contributed by atoms with Crippen molar-refractivity contribution < 1.29 is 8.42 Å². The zero-order chi connectivity index (χ0) is 10.3. The Bertz CT molecular complexity index is 282. The van der Waals surface area contributed by atoms with Crippen molar-refractivity contribution in [1.29, 1.82) is 0 Å². The summed E-state index contributed by atoms with van der Waals surface area (Å²) in [5.41, 5.74) is -0.186. The van der Waals surface area contributed by atoms with E-state index in [1.54, 1.807) is 11.2 Å². The van der Waals surface area contributed by atoms with E-state index in [4.69, 9.17) is 0 Å². The molecule has 0 spiro atoms. The summed E-state index contributed by atoms with van der Waals surface area (Å²) in [7, 11) is -3.01. The number of nitrogens with zero attached hydrogens (tertiary/aromatic N) is 1. The van der Waals surface area contributed by atoms with Crippen LogP contribution in [0.2, 0.25) is 0 Å². The van der Waals surface area contributed by atoms with Crippen LogP contribution >= 0.6 is 0 Å². The predicted molar refractivity (Wildman–Crippen MR) is 54.0 cm³/mol. The number of rotatable bonds is 2. The Morgan fingerprint density at radius 1 is 1.46 bits per heavy atom. The van der Waals surface area contributed by atoms with Crippen molar-refractivity contribution in [3.05, 3.63) is 0 Å². The van der Waals surface area contributed by atoms with E-state index in [1.807, 2.05) is 13.8 Å². The smallest absolute Gasteiger partial charge is 0.212 e. The lowest BCUT2D eigenvalue weighted by atomic mass is 9.99. The number of hydrogen-bond donors (Lipinski definition) is 0. The highest BCUT2D eigenvalue weighted by molar-refractivity contribution is 7.89. The lowest BCUT2D eigenvalue weighted by Crippen LogP contribution is -2.43. The molecule has 1 saturated heterocycles. The molecule has 0 aromatic carbocycles. The second-order valence-electron chi connectivity index (χ2n) is 4.55. The molecule has 0 amide bonds. The maximum atomic E-state index is 11.7. The highest BCUT2D eigenvalue weighted by atomic mass is 32.2. The average molecular weight is 205 g/mol. The summed E-state index contributed by atoms with van der Waals surface area (Å²) in [4.78, 5) is 0. The fraction of sp³-hybridized carbons (Fsp3) is 1.00. The molecule has 0 aromatic heterocycles. The molecule has 1 atom stereocenters. The van der Waals surface area contributed by atoms with Gasteiger partial charge in [-0.15, -0.1) is 0 Å². The second kappa shape index (κ2) is 3.24. The van der Waals surface area contributed by atoms with Crippen molar-refractivity contribution >= 4 is 10.0 Å². The van der Waals surface area contributed by atoms with Crippen LogP contribution in [-0.2, 0) is 10.0 Å². The molecule has 0 radical (unpaired) electrons. The van der Waals surface area contributed by atoms with Crippen LogP contribution in [0.25, 0.3) is 0 Å². The van der Waals surface area contributed by atoms with Crippen LogP contribution in [0.3, 0.4) is 0 Å². The molecule has 1 aliphatic heterocycles. The molecule has 4 heteroatoms. The minimum atomic E-state index is -3.01. The molecule has 1 heterocycles. The van der Waals surface area contributed by atoms with Gasteiger partial charge in [-0.1, -0.05) is 6.92 Å². The quantitative estimate of drug-likeness (QED) is 0.684.